The van der Waals surface area contributed by atoms with E-state index in [0.29, 0.717) is 5.82 Å². The van der Waals surface area contributed by atoms with Crippen LogP contribution in [0.2, 0.25) is 0 Å². The van der Waals surface area contributed by atoms with Crippen LogP contribution in [0.25, 0.3) is 0 Å². The van der Waals surface area contributed by atoms with Crippen LogP contribution in [0.1, 0.15) is 18.3 Å². The molecule has 0 atom stereocenters. The van der Waals surface area contributed by atoms with Crippen molar-refractivity contribution in [2.24, 2.45) is 5.84 Å². The number of nitrogens with one attached hydrogen (secondary N) is 1. The van der Waals surface area contributed by atoms with Gasteiger partial charge < -0.3 is 5.43 Å². The van der Waals surface area contributed by atoms with Crippen LogP contribution in [0, 0.1) is 6.92 Å². The Morgan fingerprint density at radius 3 is 2.88 bits per heavy atom. The second-order valence-electron chi connectivity index (χ2n) is 3.23. The van der Waals surface area contributed by atoms with Gasteiger partial charge in [-0.3, -0.25) is 0 Å². The van der Waals surface area contributed by atoms with Crippen LogP contribution >= 0.6 is 23.3 Å². The molecule has 2 aromatic heterocycles. The summed E-state index contributed by atoms with van der Waals surface area (Å²) in [6, 6.07) is 0. The molecular weight excluding hydrogens is 256 g/mol. The highest BCUT2D eigenvalue weighted by Crippen LogP contribution is 2.31. The molecule has 8 heteroatoms. The van der Waals surface area contributed by atoms with Gasteiger partial charge in [-0.15, -0.1) is 0 Å². The van der Waals surface area contributed by atoms with Gasteiger partial charge in [-0.2, -0.15) is 4.37 Å². The van der Waals surface area contributed by atoms with Gasteiger partial charge in [0.1, 0.15) is 23.0 Å². The van der Waals surface area contributed by atoms with Gasteiger partial charge in [0, 0.05) is 12.0 Å². The number of nitrogen functional groups attached to an aromatic ring is 1. The third kappa shape index (κ3) is 2.71. The van der Waals surface area contributed by atoms with Gasteiger partial charge in [0.05, 0.1) is 0 Å². The Morgan fingerprint density at radius 1 is 1.47 bits per heavy atom. The van der Waals surface area contributed by atoms with Gasteiger partial charge in [-0.05, 0) is 30.2 Å². The van der Waals surface area contributed by atoms with E-state index in [4.69, 9.17) is 5.84 Å². The highest BCUT2D eigenvalue weighted by molar-refractivity contribution is 8.00. The SMILES string of the molecule is CCc1nc(NN)c(C)c(Sc2ncns2)n1. The lowest BCUT2D eigenvalue weighted by Crippen LogP contribution is -2.13. The Hall–Kier alpha value is -1.25. The fourth-order valence-electron chi connectivity index (χ4n) is 1.23. The molecule has 0 aliphatic carbocycles. The molecule has 0 aromatic carbocycles. The van der Waals surface area contributed by atoms with Crippen LogP contribution in [-0.2, 0) is 6.42 Å². The van der Waals surface area contributed by atoms with E-state index < -0.39 is 0 Å². The van der Waals surface area contributed by atoms with Crippen molar-refractivity contribution >= 4 is 29.1 Å². The lowest BCUT2D eigenvalue weighted by atomic mass is 10.3. The summed E-state index contributed by atoms with van der Waals surface area (Å²) in [5.74, 6) is 6.86. The predicted octanol–water partition coefficient (Wildman–Crippen LogP) is 1.64. The van der Waals surface area contributed by atoms with Crippen LogP contribution in [0.5, 0.6) is 0 Å². The molecule has 0 fully saturated rings. The number of aromatic nitrogens is 4. The third-order valence-electron chi connectivity index (χ3n) is 2.13. The summed E-state index contributed by atoms with van der Waals surface area (Å²) in [6.45, 7) is 3.93. The lowest BCUT2D eigenvalue weighted by Gasteiger charge is -2.09. The van der Waals surface area contributed by atoms with Crippen LogP contribution in [-0.4, -0.2) is 19.3 Å². The fourth-order valence-corrected chi connectivity index (χ4v) is 2.69. The normalized spacial score (nSPS) is 10.5. The standard InChI is InChI=1S/C9H12N6S2/c1-3-6-13-7(15-10)5(2)8(14-6)16-9-11-4-12-17-9/h4H,3,10H2,1-2H3,(H,13,14,15). The first-order valence-electron chi connectivity index (χ1n) is 5.03. The molecular formula is C9H12N6S2. The van der Waals surface area contributed by atoms with Gasteiger partial charge in [0.15, 0.2) is 4.34 Å². The number of aryl methyl sites for hydroxylation is 1. The van der Waals surface area contributed by atoms with E-state index in [0.717, 1.165) is 27.2 Å². The molecule has 0 bridgehead atoms. The van der Waals surface area contributed by atoms with Crippen LogP contribution in [0.15, 0.2) is 15.7 Å². The maximum Gasteiger partial charge on any atom is 0.176 e. The van der Waals surface area contributed by atoms with Crippen molar-refractivity contribution < 1.29 is 0 Å². The molecule has 0 unspecified atom stereocenters. The highest BCUT2D eigenvalue weighted by atomic mass is 32.2. The Balaban J connectivity index is 2.38. The van der Waals surface area contributed by atoms with Crippen molar-refractivity contribution in [2.75, 3.05) is 5.43 Å². The van der Waals surface area contributed by atoms with Crippen molar-refractivity contribution in [3.63, 3.8) is 0 Å². The Morgan fingerprint density at radius 2 is 2.29 bits per heavy atom. The first-order chi connectivity index (χ1) is 8.24. The van der Waals surface area contributed by atoms with E-state index in [2.05, 4.69) is 24.8 Å². The van der Waals surface area contributed by atoms with E-state index in [-0.39, 0.29) is 0 Å². The molecule has 0 aliphatic heterocycles. The van der Waals surface area contributed by atoms with Gasteiger partial charge in [-0.25, -0.2) is 20.8 Å². The summed E-state index contributed by atoms with van der Waals surface area (Å²) in [4.78, 5) is 12.9. The van der Waals surface area contributed by atoms with Gasteiger partial charge in [0.2, 0.25) is 0 Å². The minimum atomic E-state index is 0.656. The van der Waals surface area contributed by atoms with Crippen molar-refractivity contribution in [3.05, 3.63) is 17.7 Å². The number of hydrogen-bond acceptors (Lipinski definition) is 8. The summed E-state index contributed by atoms with van der Waals surface area (Å²) in [7, 11) is 0. The molecule has 0 aliphatic rings. The molecule has 0 amide bonds. The number of nitrogens with two attached hydrogens (primary N) is 1. The largest absolute Gasteiger partial charge is 0.308 e. The maximum atomic E-state index is 5.44. The van der Waals surface area contributed by atoms with E-state index >= 15 is 0 Å². The van der Waals surface area contributed by atoms with Crippen molar-refractivity contribution in [3.8, 4) is 0 Å². The molecule has 2 aromatic rings. The second kappa shape index (κ2) is 5.39. The molecule has 17 heavy (non-hydrogen) atoms. The number of anilines is 1. The molecule has 6 nitrogen and oxygen atoms in total. The van der Waals surface area contributed by atoms with Crippen molar-refractivity contribution in [1.82, 2.24) is 19.3 Å². The fraction of sp³-hybridized carbons (Fsp3) is 0.333. The van der Waals surface area contributed by atoms with Gasteiger partial charge >= 0.3 is 0 Å². The molecule has 0 saturated heterocycles. The summed E-state index contributed by atoms with van der Waals surface area (Å²) in [5, 5.41) is 0.863. The maximum absolute atomic E-state index is 5.44. The first-order valence-corrected chi connectivity index (χ1v) is 6.62. The average molecular weight is 268 g/mol. The molecule has 0 radical (unpaired) electrons. The minimum absolute atomic E-state index is 0.656. The smallest absolute Gasteiger partial charge is 0.176 e. The summed E-state index contributed by atoms with van der Waals surface area (Å²) >= 11 is 2.82. The average Bonchev–Trinajstić information content (AvgIpc) is 2.84. The highest BCUT2D eigenvalue weighted by Gasteiger charge is 2.12. The second-order valence-corrected chi connectivity index (χ2v) is 5.24. The number of nitrogens with zero attached hydrogens (tertiary/aromatic N) is 4. The van der Waals surface area contributed by atoms with Crippen molar-refractivity contribution in [1.29, 1.82) is 0 Å². The third-order valence-corrected chi connectivity index (χ3v) is 3.93. The van der Waals surface area contributed by atoms with Crippen LogP contribution in [0.4, 0.5) is 5.82 Å². The predicted molar refractivity (Wildman–Crippen MR) is 68.0 cm³/mol. The monoisotopic (exact) mass is 268 g/mol. The quantitative estimate of drug-likeness (QED) is 0.495. The number of hydrazine groups is 1. The Bertz CT molecular complexity index is 498. The molecule has 3 N–H and O–H groups in total. The van der Waals surface area contributed by atoms with Gasteiger partial charge in [0.25, 0.3) is 0 Å². The topological polar surface area (TPSA) is 89.6 Å². The zero-order valence-electron chi connectivity index (χ0n) is 9.47. The number of hydrogen-bond donors (Lipinski definition) is 2. The Kier molecular flexibility index (Phi) is 3.87. The van der Waals surface area contributed by atoms with Gasteiger partial charge in [-0.1, -0.05) is 6.92 Å². The molecule has 2 heterocycles. The minimum Gasteiger partial charge on any atom is -0.308 e. The first kappa shape index (κ1) is 12.2. The van der Waals surface area contributed by atoms with Crippen LogP contribution in [0.3, 0.4) is 0 Å². The number of rotatable bonds is 4. The molecule has 0 saturated carbocycles. The molecule has 90 valence electrons. The van der Waals surface area contributed by atoms with E-state index in [1.807, 2.05) is 13.8 Å². The lowest BCUT2D eigenvalue weighted by molar-refractivity contribution is 0.871. The Labute approximate surface area is 107 Å². The van der Waals surface area contributed by atoms with Crippen LogP contribution < -0.4 is 11.3 Å². The van der Waals surface area contributed by atoms with E-state index in [1.165, 1.54) is 29.6 Å². The summed E-state index contributed by atoms with van der Waals surface area (Å²) < 4.78 is 4.82. The zero-order valence-corrected chi connectivity index (χ0v) is 11.1. The van der Waals surface area contributed by atoms with E-state index in [1.54, 1.807) is 0 Å². The van der Waals surface area contributed by atoms with E-state index in [9.17, 15) is 0 Å². The molecule has 2 rings (SSSR count). The zero-order chi connectivity index (χ0) is 12.3. The summed E-state index contributed by atoms with van der Waals surface area (Å²) in [5.41, 5.74) is 3.51. The summed E-state index contributed by atoms with van der Waals surface area (Å²) in [6.07, 6.45) is 2.30. The van der Waals surface area contributed by atoms with Crippen molar-refractivity contribution in [2.45, 2.75) is 29.6 Å². The molecule has 0 spiro atoms.